The minimum absolute atomic E-state index is 0. The molecular weight excluding hydrogens is 473 g/mol. The molecule has 0 amide bonds. The van der Waals surface area contributed by atoms with Crippen LogP contribution in [0.2, 0.25) is 0 Å². The third-order valence-corrected chi connectivity index (χ3v) is 5.87. The molecule has 2 aromatic carbocycles. The lowest BCUT2D eigenvalue weighted by Crippen LogP contribution is -2.46. The van der Waals surface area contributed by atoms with Crippen molar-refractivity contribution >= 4 is 35.6 Å². The number of nitrogens with two attached hydrogens (primary N) is 1. The Morgan fingerprint density at radius 2 is 1.59 bits per heavy atom. The second kappa shape index (κ2) is 10.3. The Bertz CT molecular complexity index is 798. The normalized spacial score (nSPS) is 17.7. The lowest BCUT2D eigenvalue weighted by molar-refractivity contribution is 0.249. The predicted octanol–water partition coefficient (Wildman–Crippen LogP) is 3.54. The molecule has 2 aromatic rings. The first-order valence-electron chi connectivity index (χ1n) is 10.3. The minimum Gasteiger partial charge on any atom is -0.370 e. The summed E-state index contributed by atoms with van der Waals surface area (Å²) in [6.45, 7) is 5.95. The van der Waals surface area contributed by atoms with Crippen molar-refractivity contribution in [1.82, 2.24) is 9.80 Å². The summed E-state index contributed by atoms with van der Waals surface area (Å²) in [5.41, 5.74) is 10.1. The van der Waals surface area contributed by atoms with Gasteiger partial charge in [0.05, 0.1) is 6.54 Å². The number of hydrogen-bond acceptors (Lipinski definition) is 3. The van der Waals surface area contributed by atoms with E-state index in [-0.39, 0.29) is 24.0 Å². The summed E-state index contributed by atoms with van der Waals surface area (Å²) in [5.74, 6) is 0.661. The van der Waals surface area contributed by atoms with Crippen molar-refractivity contribution < 1.29 is 0 Å². The molecule has 156 valence electrons. The van der Waals surface area contributed by atoms with Crippen LogP contribution in [0.1, 0.15) is 24.0 Å². The first-order chi connectivity index (χ1) is 13.7. The highest BCUT2D eigenvalue weighted by Gasteiger charge is 2.27. The molecule has 1 saturated heterocycles. The summed E-state index contributed by atoms with van der Waals surface area (Å²) in [6, 6.07) is 19.9. The maximum absolute atomic E-state index is 6.17. The van der Waals surface area contributed by atoms with Crippen molar-refractivity contribution in [2.24, 2.45) is 10.7 Å². The Labute approximate surface area is 191 Å². The topological polar surface area (TPSA) is 48.1 Å². The highest BCUT2D eigenvalue weighted by Crippen LogP contribution is 2.25. The van der Waals surface area contributed by atoms with E-state index in [0.717, 1.165) is 32.7 Å². The molecule has 2 aliphatic rings. The van der Waals surface area contributed by atoms with Crippen molar-refractivity contribution in [2.75, 3.05) is 38.1 Å². The van der Waals surface area contributed by atoms with Gasteiger partial charge in [-0.2, -0.15) is 0 Å². The van der Waals surface area contributed by atoms with E-state index < -0.39 is 0 Å². The zero-order chi connectivity index (χ0) is 19.3. The van der Waals surface area contributed by atoms with Crippen LogP contribution in [0.15, 0.2) is 59.6 Å². The van der Waals surface area contributed by atoms with Crippen LogP contribution < -0.4 is 10.6 Å². The Morgan fingerprint density at radius 1 is 0.966 bits per heavy atom. The molecule has 0 aromatic heterocycles. The van der Waals surface area contributed by atoms with Gasteiger partial charge in [-0.05, 0) is 36.1 Å². The van der Waals surface area contributed by atoms with Gasteiger partial charge >= 0.3 is 0 Å². The second-order valence-corrected chi connectivity index (χ2v) is 7.88. The minimum atomic E-state index is 0. The van der Waals surface area contributed by atoms with Crippen molar-refractivity contribution in [1.29, 1.82) is 0 Å². The summed E-state index contributed by atoms with van der Waals surface area (Å²) >= 11 is 0. The van der Waals surface area contributed by atoms with Gasteiger partial charge in [-0.25, -0.2) is 4.99 Å². The molecule has 29 heavy (non-hydrogen) atoms. The van der Waals surface area contributed by atoms with Gasteiger partial charge in [0.2, 0.25) is 0 Å². The van der Waals surface area contributed by atoms with E-state index in [9.17, 15) is 0 Å². The van der Waals surface area contributed by atoms with E-state index in [0.29, 0.717) is 18.5 Å². The van der Waals surface area contributed by atoms with Crippen LogP contribution in [0.25, 0.3) is 0 Å². The number of hydrogen-bond donors (Lipinski definition) is 1. The molecule has 0 unspecified atom stereocenters. The number of rotatable bonds is 6. The Balaban J connectivity index is 0.00000240. The van der Waals surface area contributed by atoms with Crippen molar-refractivity contribution in [3.05, 3.63) is 65.7 Å². The summed E-state index contributed by atoms with van der Waals surface area (Å²) in [7, 11) is 2.05. The Hall–Kier alpha value is -1.80. The largest absolute Gasteiger partial charge is 0.370 e. The van der Waals surface area contributed by atoms with Crippen molar-refractivity contribution in [3.8, 4) is 0 Å². The third kappa shape index (κ3) is 5.85. The maximum atomic E-state index is 6.17. The molecule has 0 radical (unpaired) electrons. The fourth-order valence-electron chi connectivity index (χ4n) is 3.84. The molecule has 4 rings (SSSR count). The SMILES string of the molecule is CN(C(N)=NCc1ccccc1CN1CCN(c2ccccc2)CC1)C1CC1.I. The molecular formula is C23H32IN5. The molecule has 5 nitrogen and oxygen atoms in total. The van der Waals surface area contributed by atoms with Gasteiger partial charge in [0.25, 0.3) is 0 Å². The average Bonchev–Trinajstić information content (AvgIpc) is 3.59. The number of halogens is 1. The first kappa shape index (κ1) is 21.9. The molecule has 0 bridgehead atoms. The van der Waals surface area contributed by atoms with E-state index >= 15 is 0 Å². The molecule has 0 spiro atoms. The van der Waals surface area contributed by atoms with Gasteiger partial charge in [-0.3, -0.25) is 4.90 Å². The zero-order valence-corrected chi connectivity index (χ0v) is 19.5. The van der Waals surface area contributed by atoms with Crippen molar-refractivity contribution in [3.63, 3.8) is 0 Å². The molecule has 1 aliphatic carbocycles. The number of piperazine rings is 1. The van der Waals surface area contributed by atoms with Crippen LogP contribution in [0.4, 0.5) is 5.69 Å². The number of anilines is 1. The second-order valence-electron chi connectivity index (χ2n) is 7.88. The van der Waals surface area contributed by atoms with Gasteiger partial charge in [-0.15, -0.1) is 24.0 Å². The number of nitrogens with zero attached hydrogens (tertiary/aromatic N) is 4. The molecule has 2 fully saturated rings. The van der Waals surface area contributed by atoms with Gasteiger partial charge in [0.1, 0.15) is 0 Å². The summed E-state index contributed by atoms with van der Waals surface area (Å²) in [5, 5.41) is 0. The van der Waals surface area contributed by atoms with E-state index in [1.165, 1.54) is 29.7 Å². The van der Waals surface area contributed by atoms with Crippen LogP contribution in [0, 0.1) is 0 Å². The molecule has 1 saturated carbocycles. The number of guanidine groups is 1. The highest BCUT2D eigenvalue weighted by molar-refractivity contribution is 14.0. The lowest BCUT2D eigenvalue weighted by Gasteiger charge is -2.36. The lowest BCUT2D eigenvalue weighted by atomic mass is 10.1. The number of aliphatic imine (C=N–C) groups is 1. The van der Waals surface area contributed by atoms with Gasteiger partial charge < -0.3 is 15.5 Å². The summed E-state index contributed by atoms with van der Waals surface area (Å²) in [6.07, 6.45) is 2.47. The fraction of sp³-hybridized carbons (Fsp3) is 0.435. The Morgan fingerprint density at radius 3 is 2.24 bits per heavy atom. The van der Waals surface area contributed by atoms with Crippen LogP contribution in [0.3, 0.4) is 0 Å². The predicted molar refractivity (Wildman–Crippen MR) is 132 cm³/mol. The molecule has 1 heterocycles. The highest BCUT2D eigenvalue weighted by atomic mass is 127. The van der Waals surface area contributed by atoms with Gasteiger partial charge in [0, 0.05) is 51.5 Å². The first-order valence-corrected chi connectivity index (χ1v) is 10.3. The van der Waals surface area contributed by atoms with E-state index in [4.69, 9.17) is 5.73 Å². The monoisotopic (exact) mass is 505 g/mol. The van der Waals surface area contributed by atoms with Crippen molar-refractivity contribution in [2.45, 2.75) is 32.0 Å². The summed E-state index contributed by atoms with van der Waals surface area (Å²) in [4.78, 5) is 11.8. The van der Waals surface area contributed by atoms with Crippen LogP contribution in [0.5, 0.6) is 0 Å². The van der Waals surface area contributed by atoms with Crippen LogP contribution in [-0.2, 0) is 13.1 Å². The Kier molecular flexibility index (Phi) is 7.77. The molecule has 1 aliphatic heterocycles. The third-order valence-electron chi connectivity index (χ3n) is 5.87. The number of para-hydroxylation sites is 1. The standard InChI is InChI=1S/C23H31N5.HI/c1-26(21-11-12-21)23(24)25-17-19-7-5-6-8-20(19)18-27-13-15-28(16-14-27)22-9-3-2-4-10-22;/h2-10,21H,11-18H2,1H3,(H2,24,25);1H. The number of benzene rings is 2. The molecule has 0 atom stereocenters. The molecule has 6 heteroatoms. The van der Waals surface area contributed by atoms with E-state index in [2.05, 4.69) is 81.3 Å². The van der Waals surface area contributed by atoms with Crippen LogP contribution in [-0.4, -0.2) is 55.0 Å². The zero-order valence-electron chi connectivity index (χ0n) is 17.2. The van der Waals surface area contributed by atoms with E-state index in [1.54, 1.807) is 0 Å². The van der Waals surface area contributed by atoms with Gasteiger partial charge in [-0.1, -0.05) is 42.5 Å². The maximum Gasteiger partial charge on any atom is 0.191 e. The van der Waals surface area contributed by atoms with Crippen LogP contribution >= 0.6 is 24.0 Å². The smallest absolute Gasteiger partial charge is 0.191 e. The molecule has 2 N–H and O–H groups in total. The van der Waals surface area contributed by atoms with E-state index in [1.807, 2.05) is 0 Å². The quantitative estimate of drug-likeness (QED) is 0.371. The average molecular weight is 505 g/mol. The van der Waals surface area contributed by atoms with Gasteiger partial charge in [0.15, 0.2) is 5.96 Å². The summed E-state index contributed by atoms with van der Waals surface area (Å²) < 4.78 is 0. The fourth-order valence-corrected chi connectivity index (χ4v) is 3.84.